The molecule has 1 saturated heterocycles. The van der Waals surface area contributed by atoms with Gasteiger partial charge in [0.05, 0.1) is 10.7 Å². The van der Waals surface area contributed by atoms with Gasteiger partial charge in [-0.1, -0.05) is 11.6 Å². The van der Waals surface area contributed by atoms with E-state index in [1.165, 1.54) is 28.5 Å². The summed E-state index contributed by atoms with van der Waals surface area (Å²) in [6.45, 7) is 3.35. The Bertz CT molecular complexity index is 434. The molecule has 3 rings (SSSR count). The number of anilines is 1. The molecule has 1 aliphatic carbocycles. The van der Waals surface area contributed by atoms with Crippen LogP contribution < -0.4 is 10.2 Å². The number of hydrogen-bond acceptors (Lipinski definition) is 2. The first-order chi connectivity index (χ1) is 8.74. The fourth-order valence-corrected chi connectivity index (χ4v) is 3.42. The van der Waals surface area contributed by atoms with Crippen LogP contribution >= 0.6 is 34.2 Å². The summed E-state index contributed by atoms with van der Waals surface area (Å²) >= 11 is 8.72. The van der Waals surface area contributed by atoms with Gasteiger partial charge in [-0.15, -0.1) is 0 Å². The van der Waals surface area contributed by atoms with Crippen molar-refractivity contribution in [2.75, 3.05) is 24.5 Å². The molecule has 1 aromatic carbocycles. The summed E-state index contributed by atoms with van der Waals surface area (Å²) in [6, 6.07) is 6.95. The molecular weight excluding hydrogens is 359 g/mol. The van der Waals surface area contributed by atoms with Crippen molar-refractivity contribution in [2.45, 2.75) is 25.3 Å². The molecule has 2 nitrogen and oxygen atoms in total. The molecule has 2 aliphatic rings. The number of nitrogens with zero attached hydrogens (tertiary/aromatic N) is 1. The van der Waals surface area contributed by atoms with E-state index in [0.29, 0.717) is 6.04 Å². The van der Waals surface area contributed by atoms with Gasteiger partial charge in [-0.05, 0) is 72.5 Å². The molecular formula is C14H18ClIN2. The Morgan fingerprint density at radius 1 is 1.33 bits per heavy atom. The topological polar surface area (TPSA) is 15.3 Å². The third-order valence-corrected chi connectivity index (χ3v) is 4.86. The van der Waals surface area contributed by atoms with Crippen molar-refractivity contribution in [1.29, 1.82) is 0 Å². The highest BCUT2D eigenvalue weighted by Crippen LogP contribution is 2.35. The smallest absolute Gasteiger partial charge is 0.0640 e. The fourth-order valence-electron chi connectivity index (χ4n) is 2.71. The van der Waals surface area contributed by atoms with Gasteiger partial charge in [0.2, 0.25) is 0 Å². The van der Waals surface area contributed by atoms with Crippen LogP contribution in [0.1, 0.15) is 19.3 Å². The summed E-state index contributed by atoms with van der Waals surface area (Å²) in [5.74, 6) is 0.896. The normalized spacial score (nSPS) is 25.0. The predicted octanol–water partition coefficient (Wildman–Crippen LogP) is 3.52. The molecule has 1 N–H and O–H groups in total. The number of rotatable bonds is 2. The molecule has 1 aromatic rings. The summed E-state index contributed by atoms with van der Waals surface area (Å²) in [5.41, 5.74) is 1.21. The van der Waals surface area contributed by atoms with Crippen molar-refractivity contribution >= 4 is 39.9 Å². The Kier molecular flexibility index (Phi) is 4.01. The third kappa shape index (κ3) is 2.94. The van der Waals surface area contributed by atoms with Gasteiger partial charge in [0.1, 0.15) is 0 Å². The summed E-state index contributed by atoms with van der Waals surface area (Å²) < 4.78 is 1.26. The Morgan fingerprint density at radius 2 is 2.17 bits per heavy atom. The van der Waals surface area contributed by atoms with Crippen LogP contribution in [0.2, 0.25) is 5.02 Å². The lowest BCUT2D eigenvalue weighted by Gasteiger charge is -2.27. The zero-order chi connectivity index (χ0) is 12.5. The summed E-state index contributed by atoms with van der Waals surface area (Å²) in [7, 11) is 0. The lowest BCUT2D eigenvalue weighted by Crippen LogP contribution is -2.39. The molecule has 18 heavy (non-hydrogen) atoms. The van der Waals surface area contributed by atoms with Crippen molar-refractivity contribution in [3.05, 3.63) is 26.8 Å². The van der Waals surface area contributed by atoms with Crippen molar-refractivity contribution in [2.24, 2.45) is 5.92 Å². The quantitative estimate of drug-likeness (QED) is 0.795. The van der Waals surface area contributed by atoms with Crippen LogP contribution in [-0.4, -0.2) is 25.7 Å². The Labute approximate surface area is 127 Å². The molecule has 0 bridgehead atoms. The molecule has 1 aliphatic heterocycles. The van der Waals surface area contributed by atoms with E-state index in [9.17, 15) is 0 Å². The highest BCUT2D eigenvalue weighted by Gasteiger charge is 2.33. The highest BCUT2D eigenvalue weighted by atomic mass is 127. The maximum absolute atomic E-state index is 6.36. The van der Waals surface area contributed by atoms with Crippen LogP contribution in [0, 0.1) is 9.49 Å². The molecule has 2 fully saturated rings. The Morgan fingerprint density at radius 3 is 2.94 bits per heavy atom. The monoisotopic (exact) mass is 376 g/mol. The molecule has 0 amide bonds. The third-order valence-electron chi connectivity index (χ3n) is 3.87. The van der Waals surface area contributed by atoms with Gasteiger partial charge in [0, 0.05) is 22.7 Å². The second kappa shape index (κ2) is 5.55. The molecule has 4 heteroatoms. The van der Waals surface area contributed by atoms with Gasteiger partial charge >= 0.3 is 0 Å². The van der Waals surface area contributed by atoms with Gasteiger partial charge in [-0.3, -0.25) is 0 Å². The van der Waals surface area contributed by atoms with Gasteiger partial charge in [0.25, 0.3) is 0 Å². The minimum Gasteiger partial charge on any atom is -0.369 e. The summed E-state index contributed by atoms with van der Waals surface area (Å²) in [6.07, 6.45) is 3.99. The predicted molar refractivity (Wildman–Crippen MR) is 85.5 cm³/mol. The molecule has 0 spiro atoms. The second-order valence-corrected chi connectivity index (χ2v) is 6.95. The average molecular weight is 377 g/mol. The van der Waals surface area contributed by atoms with E-state index >= 15 is 0 Å². The van der Waals surface area contributed by atoms with Crippen molar-refractivity contribution < 1.29 is 0 Å². The Hall–Kier alpha value is -0.0000000000000000763. The van der Waals surface area contributed by atoms with E-state index in [1.54, 1.807) is 0 Å². The van der Waals surface area contributed by atoms with E-state index in [2.05, 4.69) is 44.9 Å². The molecule has 0 aromatic heterocycles. The largest absolute Gasteiger partial charge is 0.369 e. The van der Waals surface area contributed by atoms with Crippen molar-refractivity contribution in [3.8, 4) is 0 Å². The fraction of sp³-hybridized carbons (Fsp3) is 0.571. The van der Waals surface area contributed by atoms with Crippen LogP contribution in [-0.2, 0) is 0 Å². The van der Waals surface area contributed by atoms with Crippen LogP contribution in [0.3, 0.4) is 0 Å². The SMILES string of the molecule is Clc1ccc(I)cc1N1CCCNC(C2CC2)C1. The summed E-state index contributed by atoms with van der Waals surface area (Å²) in [4.78, 5) is 2.47. The second-order valence-electron chi connectivity index (χ2n) is 5.29. The van der Waals surface area contributed by atoms with Gasteiger partial charge in [-0.2, -0.15) is 0 Å². The highest BCUT2D eigenvalue weighted by molar-refractivity contribution is 14.1. The standard InChI is InChI=1S/C14H18ClIN2/c15-12-5-4-11(16)8-14(12)18-7-1-6-17-13(9-18)10-2-3-10/h4-5,8,10,13,17H,1-3,6-7,9H2. The molecule has 1 heterocycles. The van der Waals surface area contributed by atoms with Crippen LogP contribution in [0.4, 0.5) is 5.69 Å². The lowest BCUT2D eigenvalue weighted by atomic mass is 10.1. The van der Waals surface area contributed by atoms with E-state index < -0.39 is 0 Å². The van der Waals surface area contributed by atoms with Crippen molar-refractivity contribution in [3.63, 3.8) is 0 Å². The Balaban J connectivity index is 1.82. The minimum atomic E-state index is 0.654. The summed E-state index contributed by atoms with van der Waals surface area (Å²) in [5, 5.41) is 4.57. The van der Waals surface area contributed by atoms with Crippen LogP contribution in [0.15, 0.2) is 18.2 Å². The van der Waals surface area contributed by atoms with Crippen LogP contribution in [0.25, 0.3) is 0 Å². The zero-order valence-electron chi connectivity index (χ0n) is 10.3. The molecule has 1 atom stereocenters. The van der Waals surface area contributed by atoms with E-state index in [4.69, 9.17) is 11.6 Å². The first-order valence-electron chi connectivity index (χ1n) is 6.67. The minimum absolute atomic E-state index is 0.654. The van der Waals surface area contributed by atoms with E-state index in [0.717, 1.165) is 30.6 Å². The first-order valence-corrected chi connectivity index (χ1v) is 8.13. The van der Waals surface area contributed by atoms with E-state index in [1.807, 2.05) is 6.07 Å². The van der Waals surface area contributed by atoms with Gasteiger partial charge < -0.3 is 10.2 Å². The number of benzene rings is 1. The maximum atomic E-state index is 6.36. The number of hydrogen-bond donors (Lipinski definition) is 1. The van der Waals surface area contributed by atoms with Gasteiger partial charge in [0.15, 0.2) is 0 Å². The van der Waals surface area contributed by atoms with Crippen LogP contribution in [0.5, 0.6) is 0 Å². The lowest BCUT2D eigenvalue weighted by molar-refractivity contribution is 0.490. The first kappa shape index (κ1) is 13.0. The average Bonchev–Trinajstić information content (AvgIpc) is 3.16. The molecule has 1 saturated carbocycles. The molecule has 1 unspecified atom stereocenters. The maximum Gasteiger partial charge on any atom is 0.0640 e. The number of nitrogens with one attached hydrogen (secondary N) is 1. The molecule has 0 radical (unpaired) electrons. The van der Waals surface area contributed by atoms with E-state index in [-0.39, 0.29) is 0 Å². The number of halogens is 2. The van der Waals surface area contributed by atoms with Gasteiger partial charge in [-0.25, -0.2) is 0 Å². The van der Waals surface area contributed by atoms with Crippen molar-refractivity contribution in [1.82, 2.24) is 5.32 Å². The zero-order valence-corrected chi connectivity index (χ0v) is 13.2. The molecule has 98 valence electrons.